The first-order chi connectivity index (χ1) is 16.5. The lowest BCUT2D eigenvalue weighted by molar-refractivity contribution is -0.123. The third-order valence-corrected chi connectivity index (χ3v) is 5.29. The van der Waals surface area contributed by atoms with Crippen LogP contribution in [0, 0.1) is 0 Å². The molecule has 1 unspecified atom stereocenters. The molecule has 2 amide bonds. The molecule has 3 aromatic rings. The molecule has 1 aliphatic rings. The molecule has 2 heterocycles. The van der Waals surface area contributed by atoms with Crippen LogP contribution in [0.1, 0.15) is 27.8 Å². The number of nitrogens with zero attached hydrogens (tertiary/aromatic N) is 1. The monoisotopic (exact) mass is 463 g/mol. The lowest BCUT2D eigenvalue weighted by Crippen LogP contribution is -2.36. The molecule has 34 heavy (non-hydrogen) atoms. The predicted octanol–water partition coefficient (Wildman–Crippen LogP) is 3.55. The molecule has 1 fully saturated rings. The van der Waals surface area contributed by atoms with E-state index in [9.17, 15) is 14.4 Å². The molecule has 0 spiro atoms. The highest BCUT2D eigenvalue weighted by atomic mass is 16.5. The summed E-state index contributed by atoms with van der Waals surface area (Å²) in [7, 11) is 0. The zero-order valence-electron chi connectivity index (χ0n) is 18.7. The Morgan fingerprint density at radius 2 is 1.56 bits per heavy atom. The van der Waals surface area contributed by atoms with Crippen LogP contribution in [0.4, 0.5) is 17.1 Å². The second-order valence-corrected chi connectivity index (χ2v) is 7.69. The Hall–Kier alpha value is -4.11. The molecular weight excluding hydrogens is 438 g/mol. The normalized spacial score (nSPS) is 14.2. The molecule has 176 valence electrons. The van der Waals surface area contributed by atoms with Crippen LogP contribution in [-0.4, -0.2) is 50.2 Å². The van der Waals surface area contributed by atoms with Crippen molar-refractivity contribution in [3.05, 3.63) is 78.3 Å². The minimum atomic E-state index is -0.996. The van der Waals surface area contributed by atoms with Crippen LogP contribution in [0.3, 0.4) is 0 Å². The summed E-state index contributed by atoms with van der Waals surface area (Å²) >= 11 is 0. The number of morpholine rings is 1. The first-order valence-corrected chi connectivity index (χ1v) is 10.9. The summed E-state index contributed by atoms with van der Waals surface area (Å²) in [6.45, 7) is 4.56. The Kier molecular flexibility index (Phi) is 7.24. The summed E-state index contributed by atoms with van der Waals surface area (Å²) in [5.41, 5.74) is 2.42. The molecule has 9 heteroatoms. The number of esters is 1. The SMILES string of the molecule is CC(OC(=O)c1ccc(NC(=O)c2ccco2)cc1)C(=O)Nc1ccc(N2CCOCC2)cc1. The topological polar surface area (TPSA) is 110 Å². The number of hydrogen-bond donors (Lipinski definition) is 2. The van der Waals surface area contributed by atoms with Gasteiger partial charge in [0.1, 0.15) is 0 Å². The van der Waals surface area contributed by atoms with Gasteiger partial charge in [0.15, 0.2) is 11.9 Å². The summed E-state index contributed by atoms with van der Waals surface area (Å²) in [5.74, 6) is -1.30. The summed E-state index contributed by atoms with van der Waals surface area (Å²) in [6, 6.07) is 16.8. The molecule has 0 radical (unpaired) electrons. The highest BCUT2D eigenvalue weighted by molar-refractivity contribution is 6.02. The average Bonchev–Trinajstić information content (AvgIpc) is 3.41. The number of anilines is 3. The van der Waals surface area contributed by atoms with E-state index in [1.807, 2.05) is 24.3 Å². The molecule has 9 nitrogen and oxygen atoms in total. The molecule has 1 aromatic heterocycles. The van der Waals surface area contributed by atoms with Gasteiger partial charge >= 0.3 is 5.97 Å². The van der Waals surface area contributed by atoms with Gasteiger partial charge in [-0.05, 0) is 67.6 Å². The maximum absolute atomic E-state index is 12.5. The zero-order valence-corrected chi connectivity index (χ0v) is 18.7. The lowest BCUT2D eigenvalue weighted by atomic mass is 10.2. The molecule has 0 saturated carbocycles. The highest BCUT2D eigenvalue weighted by Crippen LogP contribution is 2.19. The molecular formula is C25H25N3O6. The first kappa shape index (κ1) is 23.1. The van der Waals surface area contributed by atoms with Crippen molar-refractivity contribution in [2.45, 2.75) is 13.0 Å². The molecule has 2 N–H and O–H groups in total. The fourth-order valence-electron chi connectivity index (χ4n) is 3.39. The van der Waals surface area contributed by atoms with Gasteiger partial charge in [-0.2, -0.15) is 0 Å². The summed E-state index contributed by atoms with van der Waals surface area (Å²) in [4.78, 5) is 39.1. The van der Waals surface area contributed by atoms with Crippen molar-refractivity contribution in [3.8, 4) is 0 Å². The molecule has 1 aliphatic heterocycles. The van der Waals surface area contributed by atoms with Crippen molar-refractivity contribution in [2.75, 3.05) is 41.8 Å². The van der Waals surface area contributed by atoms with E-state index < -0.39 is 23.9 Å². The van der Waals surface area contributed by atoms with E-state index in [2.05, 4.69) is 15.5 Å². The number of hydrogen-bond acceptors (Lipinski definition) is 7. The van der Waals surface area contributed by atoms with Crippen LogP contribution < -0.4 is 15.5 Å². The standard InChI is InChI=1S/C25H25N3O6/c1-17(23(29)26-20-8-10-21(11-9-20)28-12-15-32-16-13-28)34-25(31)18-4-6-19(7-5-18)27-24(30)22-3-2-14-33-22/h2-11,14,17H,12-13,15-16H2,1H3,(H,26,29)(H,27,30). The van der Waals surface area contributed by atoms with Gasteiger partial charge < -0.3 is 29.4 Å². The Bertz CT molecular complexity index is 1120. The van der Waals surface area contributed by atoms with Gasteiger partial charge in [-0.25, -0.2) is 4.79 Å². The van der Waals surface area contributed by atoms with Gasteiger partial charge in [0, 0.05) is 30.2 Å². The Balaban J connectivity index is 1.27. The number of nitrogens with one attached hydrogen (secondary N) is 2. The Morgan fingerprint density at radius 1 is 0.912 bits per heavy atom. The third-order valence-electron chi connectivity index (χ3n) is 5.29. The van der Waals surface area contributed by atoms with E-state index in [1.54, 1.807) is 24.3 Å². The van der Waals surface area contributed by atoms with Crippen molar-refractivity contribution in [3.63, 3.8) is 0 Å². The number of carbonyl (C=O) groups is 3. The third kappa shape index (κ3) is 5.81. The lowest BCUT2D eigenvalue weighted by Gasteiger charge is -2.28. The van der Waals surface area contributed by atoms with Gasteiger partial charge in [0.2, 0.25) is 0 Å². The van der Waals surface area contributed by atoms with Crippen LogP contribution in [0.2, 0.25) is 0 Å². The van der Waals surface area contributed by atoms with Crippen LogP contribution in [-0.2, 0) is 14.3 Å². The van der Waals surface area contributed by atoms with Crippen molar-refractivity contribution < 1.29 is 28.3 Å². The van der Waals surface area contributed by atoms with Crippen molar-refractivity contribution in [1.29, 1.82) is 0 Å². The van der Waals surface area contributed by atoms with Crippen molar-refractivity contribution in [1.82, 2.24) is 0 Å². The Morgan fingerprint density at radius 3 is 2.21 bits per heavy atom. The molecule has 4 rings (SSSR count). The van der Waals surface area contributed by atoms with Crippen molar-refractivity contribution >= 4 is 34.8 Å². The average molecular weight is 463 g/mol. The smallest absolute Gasteiger partial charge is 0.338 e. The predicted molar refractivity (Wildman–Crippen MR) is 126 cm³/mol. The second-order valence-electron chi connectivity index (χ2n) is 7.69. The van der Waals surface area contributed by atoms with E-state index in [0.29, 0.717) is 24.6 Å². The Labute approximate surface area is 196 Å². The molecule has 1 atom stereocenters. The fraction of sp³-hybridized carbons (Fsp3) is 0.240. The van der Waals surface area contributed by atoms with Crippen molar-refractivity contribution in [2.24, 2.45) is 0 Å². The zero-order chi connectivity index (χ0) is 23.9. The number of ether oxygens (including phenoxy) is 2. The first-order valence-electron chi connectivity index (χ1n) is 10.9. The molecule has 0 aliphatic carbocycles. The quantitative estimate of drug-likeness (QED) is 0.516. The second kappa shape index (κ2) is 10.7. The van der Waals surface area contributed by atoms with Gasteiger partial charge in [0.05, 0.1) is 25.0 Å². The van der Waals surface area contributed by atoms with Crippen LogP contribution >= 0.6 is 0 Å². The number of amides is 2. The van der Waals surface area contributed by atoms with E-state index in [4.69, 9.17) is 13.9 Å². The number of rotatable bonds is 7. The van der Waals surface area contributed by atoms with E-state index >= 15 is 0 Å². The highest BCUT2D eigenvalue weighted by Gasteiger charge is 2.20. The number of benzene rings is 2. The summed E-state index contributed by atoms with van der Waals surface area (Å²) < 4.78 is 15.7. The molecule has 1 saturated heterocycles. The van der Waals surface area contributed by atoms with E-state index in [-0.39, 0.29) is 11.3 Å². The largest absolute Gasteiger partial charge is 0.459 e. The number of furan rings is 1. The van der Waals surface area contributed by atoms with Crippen LogP contribution in [0.5, 0.6) is 0 Å². The summed E-state index contributed by atoms with van der Waals surface area (Å²) in [5, 5.41) is 5.42. The fourth-order valence-corrected chi connectivity index (χ4v) is 3.39. The van der Waals surface area contributed by atoms with Gasteiger partial charge in [-0.3, -0.25) is 9.59 Å². The van der Waals surface area contributed by atoms with Crippen LogP contribution in [0.25, 0.3) is 0 Å². The minimum absolute atomic E-state index is 0.180. The van der Waals surface area contributed by atoms with Gasteiger partial charge in [-0.15, -0.1) is 0 Å². The maximum Gasteiger partial charge on any atom is 0.338 e. The van der Waals surface area contributed by atoms with Crippen LogP contribution in [0.15, 0.2) is 71.3 Å². The van der Waals surface area contributed by atoms with E-state index in [1.165, 1.54) is 25.3 Å². The minimum Gasteiger partial charge on any atom is -0.459 e. The molecule has 2 aromatic carbocycles. The van der Waals surface area contributed by atoms with E-state index in [0.717, 1.165) is 18.8 Å². The number of carbonyl (C=O) groups excluding carboxylic acids is 3. The molecule has 0 bridgehead atoms. The van der Waals surface area contributed by atoms with Gasteiger partial charge in [0.25, 0.3) is 11.8 Å². The van der Waals surface area contributed by atoms with Gasteiger partial charge in [-0.1, -0.05) is 0 Å². The maximum atomic E-state index is 12.5. The summed E-state index contributed by atoms with van der Waals surface area (Å²) in [6.07, 6.45) is 0.413.